The molecule has 0 spiro atoms. The molecule has 8 nitrogen and oxygen atoms in total. The Morgan fingerprint density at radius 1 is 1.14 bits per heavy atom. The molecule has 4 aromatic rings. The van der Waals surface area contributed by atoms with Gasteiger partial charge in [0.25, 0.3) is 5.78 Å². The van der Waals surface area contributed by atoms with E-state index in [1.807, 2.05) is 13.0 Å². The number of rotatable bonds is 7. The fourth-order valence-electron chi connectivity index (χ4n) is 3.95. The fourth-order valence-corrected chi connectivity index (χ4v) is 4.97. The summed E-state index contributed by atoms with van der Waals surface area (Å²) in [5, 5.41) is 11.5. The van der Waals surface area contributed by atoms with Crippen LogP contribution in [0.1, 0.15) is 30.7 Å². The van der Waals surface area contributed by atoms with Crippen LogP contribution in [-0.4, -0.2) is 35.5 Å². The molecule has 1 saturated heterocycles. The summed E-state index contributed by atoms with van der Waals surface area (Å²) in [5.74, 6) is -0.253. The van der Waals surface area contributed by atoms with E-state index in [0.717, 1.165) is 11.1 Å². The summed E-state index contributed by atoms with van der Waals surface area (Å²) in [6, 6.07) is 14.5. The van der Waals surface area contributed by atoms with Gasteiger partial charge in [-0.15, -0.1) is 0 Å². The number of amides is 1. The van der Waals surface area contributed by atoms with Gasteiger partial charge in [-0.25, -0.2) is 4.98 Å². The molecule has 2 aromatic carbocycles. The lowest BCUT2D eigenvalue weighted by molar-refractivity contribution is -0.132. The topological polar surface area (TPSA) is 102 Å². The smallest absolute Gasteiger partial charge is 0.302 e. The second kappa shape index (κ2) is 9.27. The molecule has 0 radical (unpaired) electrons. The molecule has 0 bridgehead atoms. The van der Waals surface area contributed by atoms with Gasteiger partial charge < -0.3 is 19.0 Å². The zero-order valence-corrected chi connectivity index (χ0v) is 19.9. The number of anilines is 1. The van der Waals surface area contributed by atoms with Crippen molar-refractivity contribution < 1.29 is 28.6 Å². The summed E-state index contributed by atoms with van der Waals surface area (Å²) in [4.78, 5) is 32.3. The zero-order chi connectivity index (χ0) is 24.5. The molecule has 35 heavy (non-hydrogen) atoms. The van der Waals surface area contributed by atoms with Gasteiger partial charge in [-0.1, -0.05) is 18.3 Å². The lowest BCUT2D eigenvalue weighted by Gasteiger charge is -2.20. The van der Waals surface area contributed by atoms with Crippen LogP contribution in [0.4, 0.5) is 5.13 Å². The summed E-state index contributed by atoms with van der Waals surface area (Å²) < 4.78 is 17.3. The SMILES string of the molecule is CCCOc1ccc(/C(O)=C2\C(=O)C(=O)N(c3nc4ccc(OC)cc4s3)C2c2ccco2)cc1. The molecule has 0 saturated carbocycles. The Bertz CT molecular complexity index is 1420. The molecule has 1 fully saturated rings. The first kappa shape index (κ1) is 22.7. The summed E-state index contributed by atoms with van der Waals surface area (Å²) in [7, 11) is 1.57. The Labute approximate surface area is 205 Å². The molecular formula is C26H22N2O6S. The summed E-state index contributed by atoms with van der Waals surface area (Å²) in [5.41, 5.74) is 0.981. The number of fused-ring (bicyclic) bond motifs is 1. The number of furan rings is 1. The molecule has 9 heteroatoms. The van der Waals surface area contributed by atoms with Gasteiger partial charge in [0, 0.05) is 5.56 Å². The first-order chi connectivity index (χ1) is 17.0. The molecule has 1 amide bonds. The number of hydrogen-bond acceptors (Lipinski definition) is 8. The fraction of sp³-hybridized carbons (Fsp3) is 0.192. The number of aromatic nitrogens is 1. The second-order valence-electron chi connectivity index (χ2n) is 7.89. The highest BCUT2D eigenvalue weighted by molar-refractivity contribution is 7.22. The number of ketones is 1. The normalized spacial score (nSPS) is 17.3. The molecule has 1 aliphatic heterocycles. The molecule has 1 atom stereocenters. The van der Waals surface area contributed by atoms with Crippen LogP contribution in [0.25, 0.3) is 16.0 Å². The number of methoxy groups -OCH3 is 1. The number of ether oxygens (including phenoxy) is 2. The lowest BCUT2D eigenvalue weighted by atomic mass is 9.99. The van der Waals surface area contributed by atoms with Gasteiger partial charge in [0.15, 0.2) is 5.13 Å². The van der Waals surface area contributed by atoms with Crippen LogP contribution in [-0.2, 0) is 9.59 Å². The number of hydrogen-bond donors (Lipinski definition) is 1. The first-order valence-corrected chi connectivity index (χ1v) is 11.9. The van der Waals surface area contributed by atoms with Crippen molar-refractivity contribution in [1.82, 2.24) is 4.98 Å². The van der Waals surface area contributed by atoms with Gasteiger partial charge in [-0.05, 0) is 61.0 Å². The van der Waals surface area contributed by atoms with Crippen molar-refractivity contribution in [3.05, 3.63) is 77.8 Å². The molecule has 2 aromatic heterocycles. The third-order valence-electron chi connectivity index (χ3n) is 5.65. The molecular weight excluding hydrogens is 468 g/mol. The maximum atomic E-state index is 13.2. The Hall–Kier alpha value is -4.11. The Kier molecular flexibility index (Phi) is 6.00. The number of carbonyl (C=O) groups is 2. The van der Waals surface area contributed by atoms with Gasteiger partial charge in [-0.2, -0.15) is 0 Å². The monoisotopic (exact) mass is 490 g/mol. The standard InChI is InChI=1S/C26H22N2O6S/c1-3-12-33-16-8-6-15(7-9-16)23(29)21-22(19-5-4-13-34-19)28(25(31)24(21)30)26-27-18-11-10-17(32-2)14-20(18)35-26/h4-11,13-14,22,29H,3,12H2,1-2H3/b23-21+. The minimum atomic E-state index is -0.969. The number of aliphatic hydroxyl groups is 1. The van der Waals surface area contributed by atoms with Crippen LogP contribution >= 0.6 is 11.3 Å². The van der Waals surface area contributed by atoms with E-state index >= 15 is 0 Å². The molecule has 1 N–H and O–H groups in total. The Morgan fingerprint density at radius 3 is 2.60 bits per heavy atom. The van der Waals surface area contributed by atoms with E-state index in [0.29, 0.717) is 40.1 Å². The molecule has 5 rings (SSSR count). The lowest BCUT2D eigenvalue weighted by Crippen LogP contribution is -2.29. The van der Waals surface area contributed by atoms with Gasteiger partial charge in [-0.3, -0.25) is 14.5 Å². The van der Waals surface area contributed by atoms with Crippen LogP contribution in [0.15, 0.2) is 70.9 Å². The van der Waals surface area contributed by atoms with E-state index in [-0.39, 0.29) is 11.3 Å². The largest absolute Gasteiger partial charge is 0.507 e. The molecule has 178 valence electrons. The third kappa shape index (κ3) is 4.04. The highest BCUT2D eigenvalue weighted by Gasteiger charge is 2.49. The van der Waals surface area contributed by atoms with Crippen molar-refractivity contribution in [3.63, 3.8) is 0 Å². The van der Waals surface area contributed by atoms with Gasteiger partial charge in [0.2, 0.25) is 0 Å². The van der Waals surface area contributed by atoms with E-state index in [2.05, 4.69) is 4.98 Å². The number of aliphatic hydroxyl groups excluding tert-OH is 1. The van der Waals surface area contributed by atoms with E-state index in [9.17, 15) is 14.7 Å². The van der Waals surface area contributed by atoms with Crippen LogP contribution in [0.3, 0.4) is 0 Å². The van der Waals surface area contributed by atoms with Crippen LogP contribution < -0.4 is 14.4 Å². The highest BCUT2D eigenvalue weighted by atomic mass is 32.1. The highest BCUT2D eigenvalue weighted by Crippen LogP contribution is 2.44. The van der Waals surface area contributed by atoms with E-state index in [4.69, 9.17) is 13.9 Å². The molecule has 0 aliphatic carbocycles. The van der Waals surface area contributed by atoms with Crippen LogP contribution in [0, 0.1) is 0 Å². The average Bonchev–Trinajstić information content (AvgIpc) is 3.61. The molecule has 1 aliphatic rings. The van der Waals surface area contributed by atoms with Crippen molar-refractivity contribution in [2.75, 3.05) is 18.6 Å². The van der Waals surface area contributed by atoms with E-state index < -0.39 is 17.7 Å². The number of nitrogens with zero attached hydrogens (tertiary/aromatic N) is 2. The van der Waals surface area contributed by atoms with Crippen molar-refractivity contribution in [3.8, 4) is 11.5 Å². The quantitative estimate of drug-likeness (QED) is 0.213. The number of Topliss-reactive ketones (excluding diaryl/α,β-unsaturated/α-hetero) is 1. The van der Waals surface area contributed by atoms with E-state index in [1.165, 1.54) is 22.5 Å². The summed E-state index contributed by atoms with van der Waals surface area (Å²) in [6.45, 7) is 2.58. The van der Waals surface area contributed by atoms with Gasteiger partial charge in [0.05, 0.1) is 35.8 Å². The maximum Gasteiger partial charge on any atom is 0.302 e. The molecule has 1 unspecified atom stereocenters. The first-order valence-electron chi connectivity index (χ1n) is 11.0. The zero-order valence-electron chi connectivity index (χ0n) is 19.1. The van der Waals surface area contributed by atoms with Crippen LogP contribution in [0.2, 0.25) is 0 Å². The minimum Gasteiger partial charge on any atom is -0.507 e. The number of benzene rings is 2. The number of carbonyl (C=O) groups excluding carboxylic acids is 2. The van der Waals surface area contributed by atoms with Crippen molar-refractivity contribution in [1.29, 1.82) is 0 Å². The summed E-state index contributed by atoms with van der Waals surface area (Å²) in [6.07, 6.45) is 2.32. The van der Waals surface area contributed by atoms with Crippen molar-refractivity contribution in [2.24, 2.45) is 0 Å². The number of thiazole rings is 1. The molecule has 3 heterocycles. The minimum absolute atomic E-state index is 0.0657. The average molecular weight is 491 g/mol. The predicted octanol–water partition coefficient (Wildman–Crippen LogP) is 5.31. The Balaban J connectivity index is 1.61. The van der Waals surface area contributed by atoms with Gasteiger partial charge in [0.1, 0.15) is 29.1 Å². The van der Waals surface area contributed by atoms with Gasteiger partial charge >= 0.3 is 5.91 Å². The van der Waals surface area contributed by atoms with Crippen molar-refractivity contribution in [2.45, 2.75) is 19.4 Å². The predicted molar refractivity (Wildman–Crippen MR) is 132 cm³/mol. The maximum absolute atomic E-state index is 13.2. The summed E-state index contributed by atoms with van der Waals surface area (Å²) >= 11 is 1.25. The van der Waals surface area contributed by atoms with E-state index in [1.54, 1.807) is 55.6 Å². The second-order valence-corrected chi connectivity index (χ2v) is 8.90. The third-order valence-corrected chi connectivity index (χ3v) is 6.67. The van der Waals surface area contributed by atoms with Crippen LogP contribution in [0.5, 0.6) is 11.5 Å². The van der Waals surface area contributed by atoms with Crippen molar-refractivity contribution >= 4 is 44.1 Å². The Morgan fingerprint density at radius 2 is 1.91 bits per heavy atom.